The van der Waals surface area contributed by atoms with Gasteiger partial charge in [-0.2, -0.15) is 18.2 Å². The molecule has 0 saturated heterocycles. The monoisotopic (exact) mass is 223 g/mol. The number of hydrogen-bond donors (Lipinski definition) is 0. The van der Waals surface area contributed by atoms with Crippen molar-refractivity contribution >= 4 is 0 Å². The Kier molecular flexibility index (Phi) is 11.8. The molecule has 1 aromatic carbocycles. The smallest absolute Gasteiger partial charge is 0 e. The average molecular weight is 224 g/mol. The van der Waals surface area contributed by atoms with Gasteiger partial charge in [-0.25, -0.2) is 12.1 Å². The third-order valence-electron chi connectivity index (χ3n) is 0.904. The van der Waals surface area contributed by atoms with Gasteiger partial charge in [-0.15, -0.1) is 0 Å². The molecule has 58 valence electrons. The molecule has 0 saturated carbocycles. The average Bonchev–Trinajstić information content (AvgIpc) is 2.43. The minimum absolute atomic E-state index is 0. The predicted molar refractivity (Wildman–Crippen MR) is 47.0 cm³/mol. The zero-order valence-corrected chi connectivity index (χ0v) is 9.34. The van der Waals surface area contributed by atoms with Gasteiger partial charge in [0.05, 0.1) is 0 Å². The molecule has 1 rings (SSSR count). The second-order valence-electron chi connectivity index (χ2n) is 2.01. The number of allylic oxidation sites excluding steroid dienone is 2. The van der Waals surface area contributed by atoms with E-state index in [9.17, 15) is 0 Å². The van der Waals surface area contributed by atoms with Crippen molar-refractivity contribution < 1.29 is 26.2 Å². The summed E-state index contributed by atoms with van der Waals surface area (Å²) in [7, 11) is 0. The largest absolute Gasteiger partial charge is 0.214 e. The third kappa shape index (κ3) is 12.8. The maximum absolute atomic E-state index is 3.56. The summed E-state index contributed by atoms with van der Waals surface area (Å²) >= 11 is 0. The van der Waals surface area contributed by atoms with Gasteiger partial charge in [0.25, 0.3) is 0 Å². The van der Waals surface area contributed by atoms with Crippen LogP contribution >= 0.6 is 0 Å². The summed E-state index contributed by atoms with van der Waals surface area (Å²) in [6, 6.07) is 10.0. The van der Waals surface area contributed by atoms with Crippen LogP contribution in [0.5, 0.6) is 0 Å². The van der Waals surface area contributed by atoms with Crippen molar-refractivity contribution in [3.05, 3.63) is 55.1 Å². The van der Waals surface area contributed by atoms with Gasteiger partial charge in [0.15, 0.2) is 0 Å². The minimum atomic E-state index is 0. The van der Waals surface area contributed by atoms with E-state index >= 15 is 0 Å². The third-order valence-corrected chi connectivity index (χ3v) is 0.904. The van der Waals surface area contributed by atoms with Crippen LogP contribution in [0.25, 0.3) is 0 Å². The summed E-state index contributed by atoms with van der Waals surface area (Å²) in [5, 5.41) is 0. The Morgan fingerprint density at radius 1 is 1.36 bits per heavy atom. The van der Waals surface area contributed by atoms with Gasteiger partial charge in [-0.05, 0) is 6.92 Å². The molecule has 0 spiro atoms. The fourth-order valence-corrected chi connectivity index (χ4v) is 0.321. The molecule has 0 aliphatic carbocycles. The summed E-state index contributed by atoms with van der Waals surface area (Å²) in [4.78, 5) is 0. The van der Waals surface area contributed by atoms with Crippen molar-refractivity contribution in [3.8, 4) is 0 Å². The Hall–Kier alpha value is -0.287. The number of hydrogen-bond acceptors (Lipinski definition) is 0. The van der Waals surface area contributed by atoms with E-state index < -0.39 is 0 Å². The Balaban J connectivity index is 0. The van der Waals surface area contributed by atoms with Crippen LogP contribution in [0.3, 0.4) is 0 Å². The van der Waals surface area contributed by atoms with Crippen LogP contribution in [-0.4, -0.2) is 0 Å². The Labute approximate surface area is 88.1 Å². The van der Waals surface area contributed by atoms with E-state index in [0.29, 0.717) is 0 Å². The van der Waals surface area contributed by atoms with Gasteiger partial charge < -0.3 is 0 Å². The maximum atomic E-state index is 3.56. The van der Waals surface area contributed by atoms with Gasteiger partial charge in [0.2, 0.25) is 0 Å². The topological polar surface area (TPSA) is 0 Å². The SMILES string of the molecule is C=CC(=C)C.[Zr].c1cc[cH-]c1. The van der Waals surface area contributed by atoms with Crippen LogP contribution in [-0.2, 0) is 26.2 Å². The van der Waals surface area contributed by atoms with Gasteiger partial charge in [-0.3, -0.25) is 0 Å². The zero-order valence-electron chi connectivity index (χ0n) is 6.88. The van der Waals surface area contributed by atoms with Crippen molar-refractivity contribution in [2.24, 2.45) is 0 Å². The molecule has 1 aromatic rings. The molecule has 0 N–H and O–H groups in total. The zero-order chi connectivity index (χ0) is 7.82. The Morgan fingerprint density at radius 2 is 1.73 bits per heavy atom. The van der Waals surface area contributed by atoms with E-state index in [1.54, 1.807) is 6.08 Å². The van der Waals surface area contributed by atoms with Crippen molar-refractivity contribution in [1.29, 1.82) is 0 Å². The first-order chi connectivity index (χ1) is 4.77. The molecule has 0 heterocycles. The first kappa shape index (κ1) is 13.3. The van der Waals surface area contributed by atoms with Crippen LogP contribution in [0.4, 0.5) is 0 Å². The summed E-state index contributed by atoms with van der Waals surface area (Å²) in [5.41, 5.74) is 1.02. The second-order valence-corrected chi connectivity index (χ2v) is 2.01. The molecule has 0 fully saturated rings. The Morgan fingerprint density at radius 3 is 1.82 bits per heavy atom. The maximum Gasteiger partial charge on any atom is 0 e. The first-order valence-electron chi connectivity index (χ1n) is 3.22. The molecule has 0 aliphatic heterocycles. The van der Waals surface area contributed by atoms with E-state index in [0.717, 1.165) is 5.57 Å². The normalized spacial score (nSPS) is 6.64. The fourth-order valence-electron chi connectivity index (χ4n) is 0.321. The van der Waals surface area contributed by atoms with Gasteiger partial charge in [0, 0.05) is 26.2 Å². The van der Waals surface area contributed by atoms with Crippen molar-refractivity contribution in [3.63, 3.8) is 0 Å². The molecule has 1 heteroatoms. The molecule has 0 aliphatic rings. The van der Waals surface area contributed by atoms with Crippen LogP contribution < -0.4 is 0 Å². The van der Waals surface area contributed by atoms with E-state index in [-0.39, 0.29) is 26.2 Å². The fraction of sp³-hybridized carbons (Fsp3) is 0.100. The quantitative estimate of drug-likeness (QED) is 0.508. The molecule has 0 bridgehead atoms. The van der Waals surface area contributed by atoms with Gasteiger partial charge in [-0.1, -0.05) is 24.8 Å². The molecule has 11 heavy (non-hydrogen) atoms. The molecule has 0 nitrogen and oxygen atoms in total. The minimum Gasteiger partial charge on any atom is -0.214 e. The van der Waals surface area contributed by atoms with Crippen molar-refractivity contribution in [2.45, 2.75) is 6.92 Å². The standard InChI is InChI=1S/C5H5.C5H8.Zr/c1-2-4-5-3-1;1-4-5(2)3;/h1-5H;4H,1-2H2,3H3;/q-1;;. The molecule has 0 atom stereocenters. The van der Waals surface area contributed by atoms with E-state index in [1.807, 2.05) is 37.3 Å². The van der Waals surface area contributed by atoms with E-state index in [1.165, 1.54) is 0 Å². The van der Waals surface area contributed by atoms with Crippen LogP contribution in [0.1, 0.15) is 6.92 Å². The molecular formula is C10H13Zr-. The summed E-state index contributed by atoms with van der Waals surface area (Å²) < 4.78 is 0. The van der Waals surface area contributed by atoms with Gasteiger partial charge in [0.1, 0.15) is 0 Å². The predicted octanol–water partition coefficient (Wildman–Crippen LogP) is 3.15. The first-order valence-corrected chi connectivity index (χ1v) is 3.22. The van der Waals surface area contributed by atoms with Gasteiger partial charge >= 0.3 is 0 Å². The van der Waals surface area contributed by atoms with Crippen LogP contribution in [0, 0.1) is 0 Å². The summed E-state index contributed by atoms with van der Waals surface area (Å²) in [6.07, 6.45) is 1.72. The summed E-state index contributed by atoms with van der Waals surface area (Å²) in [6.45, 7) is 8.93. The molecular weight excluding hydrogens is 211 g/mol. The van der Waals surface area contributed by atoms with E-state index in [2.05, 4.69) is 13.2 Å². The number of rotatable bonds is 1. The molecule has 0 aromatic heterocycles. The van der Waals surface area contributed by atoms with E-state index in [4.69, 9.17) is 0 Å². The van der Waals surface area contributed by atoms with Crippen LogP contribution in [0.15, 0.2) is 55.1 Å². The Bertz CT molecular complexity index is 156. The molecule has 0 radical (unpaired) electrons. The van der Waals surface area contributed by atoms with Crippen molar-refractivity contribution in [1.82, 2.24) is 0 Å². The molecule has 0 amide bonds. The second kappa shape index (κ2) is 9.71. The summed E-state index contributed by atoms with van der Waals surface area (Å²) in [5.74, 6) is 0. The van der Waals surface area contributed by atoms with Crippen molar-refractivity contribution in [2.75, 3.05) is 0 Å². The molecule has 0 unspecified atom stereocenters. The van der Waals surface area contributed by atoms with Crippen LogP contribution in [0.2, 0.25) is 0 Å².